The second kappa shape index (κ2) is 6.88. The van der Waals surface area contributed by atoms with Gasteiger partial charge in [0.1, 0.15) is 6.07 Å². The Morgan fingerprint density at radius 1 is 1.08 bits per heavy atom. The molecule has 0 radical (unpaired) electrons. The van der Waals surface area contributed by atoms with Crippen molar-refractivity contribution in [2.45, 2.75) is 6.54 Å². The zero-order valence-electron chi connectivity index (χ0n) is 13.5. The number of para-hydroxylation sites is 2. The molecule has 120 valence electrons. The zero-order valence-corrected chi connectivity index (χ0v) is 13.5. The highest BCUT2D eigenvalue weighted by atomic mass is 16.5. The van der Waals surface area contributed by atoms with Gasteiger partial charge in [-0.15, -0.1) is 0 Å². The Labute approximate surface area is 140 Å². The quantitative estimate of drug-likeness (QED) is 0.776. The SMILES string of the molecule is COc1cccc(CNc2c(C#N)cnc3ccccc23)c1OC. The molecule has 5 nitrogen and oxygen atoms in total. The maximum Gasteiger partial charge on any atom is 0.165 e. The standard InChI is InChI=1S/C19H17N3O2/c1-23-17-9-5-6-13(19(17)24-2)11-22-18-14(10-20)12-21-16-8-4-3-7-15(16)18/h3-9,12H,11H2,1-2H3,(H,21,22). The van der Waals surface area contributed by atoms with E-state index in [0.717, 1.165) is 22.2 Å². The van der Waals surface area contributed by atoms with Crippen LogP contribution in [0.5, 0.6) is 11.5 Å². The molecule has 0 saturated carbocycles. The first-order valence-corrected chi connectivity index (χ1v) is 7.50. The third-order valence-electron chi connectivity index (χ3n) is 3.84. The van der Waals surface area contributed by atoms with E-state index < -0.39 is 0 Å². The van der Waals surface area contributed by atoms with Gasteiger partial charge in [0.05, 0.1) is 31.0 Å². The summed E-state index contributed by atoms with van der Waals surface area (Å²) < 4.78 is 10.8. The van der Waals surface area contributed by atoms with Gasteiger partial charge in [0, 0.05) is 23.7 Å². The molecule has 3 rings (SSSR count). The summed E-state index contributed by atoms with van der Waals surface area (Å²) in [6.07, 6.45) is 1.59. The number of pyridine rings is 1. The van der Waals surface area contributed by atoms with Gasteiger partial charge in [-0.05, 0) is 12.1 Å². The zero-order chi connectivity index (χ0) is 16.9. The monoisotopic (exact) mass is 319 g/mol. The van der Waals surface area contributed by atoms with Crippen molar-refractivity contribution in [1.82, 2.24) is 4.98 Å². The van der Waals surface area contributed by atoms with E-state index in [1.54, 1.807) is 20.4 Å². The van der Waals surface area contributed by atoms with E-state index >= 15 is 0 Å². The molecular formula is C19H17N3O2. The number of nitriles is 1. The lowest BCUT2D eigenvalue weighted by molar-refractivity contribution is 0.352. The number of benzene rings is 2. The van der Waals surface area contributed by atoms with Crippen LogP contribution in [0.25, 0.3) is 10.9 Å². The van der Waals surface area contributed by atoms with E-state index in [9.17, 15) is 5.26 Å². The maximum atomic E-state index is 9.38. The highest BCUT2D eigenvalue weighted by Gasteiger charge is 2.12. The summed E-state index contributed by atoms with van der Waals surface area (Å²) in [5.74, 6) is 1.36. The van der Waals surface area contributed by atoms with Crippen molar-refractivity contribution in [3.63, 3.8) is 0 Å². The van der Waals surface area contributed by atoms with E-state index in [2.05, 4.69) is 16.4 Å². The fraction of sp³-hybridized carbons (Fsp3) is 0.158. The Kier molecular flexibility index (Phi) is 4.48. The van der Waals surface area contributed by atoms with Crippen LogP contribution >= 0.6 is 0 Å². The summed E-state index contributed by atoms with van der Waals surface area (Å²) >= 11 is 0. The van der Waals surface area contributed by atoms with Crippen LogP contribution in [-0.2, 0) is 6.54 Å². The lowest BCUT2D eigenvalue weighted by Gasteiger charge is -2.15. The number of ether oxygens (including phenoxy) is 2. The predicted molar refractivity (Wildman–Crippen MR) is 93.3 cm³/mol. The molecule has 0 aliphatic rings. The number of anilines is 1. The van der Waals surface area contributed by atoms with E-state index in [-0.39, 0.29) is 0 Å². The summed E-state index contributed by atoms with van der Waals surface area (Å²) in [6, 6.07) is 15.7. The first-order chi connectivity index (χ1) is 11.8. The fourth-order valence-corrected chi connectivity index (χ4v) is 2.69. The minimum Gasteiger partial charge on any atom is -0.493 e. The summed E-state index contributed by atoms with van der Waals surface area (Å²) in [7, 11) is 3.23. The molecule has 1 N–H and O–H groups in total. The molecule has 0 bridgehead atoms. The first-order valence-electron chi connectivity index (χ1n) is 7.50. The average Bonchev–Trinajstić information content (AvgIpc) is 2.65. The van der Waals surface area contributed by atoms with Crippen LogP contribution in [0.15, 0.2) is 48.7 Å². The minimum atomic E-state index is 0.503. The highest BCUT2D eigenvalue weighted by Crippen LogP contribution is 2.32. The lowest BCUT2D eigenvalue weighted by Crippen LogP contribution is -2.05. The van der Waals surface area contributed by atoms with Crippen LogP contribution in [0.3, 0.4) is 0 Å². The Bertz CT molecular complexity index is 916. The van der Waals surface area contributed by atoms with Crippen molar-refractivity contribution in [3.8, 4) is 17.6 Å². The number of nitrogens with one attached hydrogen (secondary N) is 1. The van der Waals surface area contributed by atoms with Crippen molar-refractivity contribution >= 4 is 16.6 Å². The molecule has 0 unspecified atom stereocenters. The molecule has 0 spiro atoms. The Morgan fingerprint density at radius 2 is 1.92 bits per heavy atom. The Hall–Kier alpha value is -3.26. The number of nitrogens with zero attached hydrogens (tertiary/aromatic N) is 2. The topological polar surface area (TPSA) is 67.2 Å². The summed E-state index contributed by atoms with van der Waals surface area (Å²) in [5, 5.41) is 13.6. The number of aromatic nitrogens is 1. The van der Waals surface area contributed by atoms with E-state index in [1.807, 2.05) is 42.5 Å². The van der Waals surface area contributed by atoms with Gasteiger partial charge in [-0.1, -0.05) is 30.3 Å². The van der Waals surface area contributed by atoms with Gasteiger partial charge in [-0.3, -0.25) is 4.98 Å². The van der Waals surface area contributed by atoms with Gasteiger partial charge in [0.2, 0.25) is 0 Å². The van der Waals surface area contributed by atoms with Crippen molar-refractivity contribution in [2.75, 3.05) is 19.5 Å². The highest BCUT2D eigenvalue weighted by molar-refractivity contribution is 5.93. The van der Waals surface area contributed by atoms with Crippen LogP contribution in [0, 0.1) is 11.3 Å². The predicted octanol–water partition coefficient (Wildman–Crippen LogP) is 3.74. The molecule has 3 aromatic rings. The van der Waals surface area contributed by atoms with Gasteiger partial charge in [0.25, 0.3) is 0 Å². The molecule has 0 saturated heterocycles. The third-order valence-corrected chi connectivity index (χ3v) is 3.84. The van der Waals surface area contributed by atoms with E-state index in [0.29, 0.717) is 23.6 Å². The van der Waals surface area contributed by atoms with Crippen molar-refractivity contribution in [1.29, 1.82) is 5.26 Å². The first kappa shape index (κ1) is 15.6. The van der Waals surface area contributed by atoms with Crippen molar-refractivity contribution in [2.24, 2.45) is 0 Å². The molecule has 2 aromatic carbocycles. The largest absolute Gasteiger partial charge is 0.493 e. The second-order valence-electron chi connectivity index (χ2n) is 5.18. The van der Waals surface area contributed by atoms with Gasteiger partial charge >= 0.3 is 0 Å². The van der Waals surface area contributed by atoms with Crippen LogP contribution < -0.4 is 14.8 Å². The number of hydrogen-bond acceptors (Lipinski definition) is 5. The lowest BCUT2D eigenvalue weighted by atomic mass is 10.1. The van der Waals surface area contributed by atoms with E-state index in [4.69, 9.17) is 9.47 Å². The van der Waals surface area contributed by atoms with Gasteiger partial charge < -0.3 is 14.8 Å². The average molecular weight is 319 g/mol. The fourth-order valence-electron chi connectivity index (χ4n) is 2.69. The summed E-state index contributed by atoms with van der Waals surface area (Å²) in [6.45, 7) is 0.503. The molecule has 0 aliphatic carbocycles. The number of rotatable bonds is 5. The molecule has 0 amide bonds. The summed E-state index contributed by atoms with van der Waals surface area (Å²) in [4.78, 5) is 4.32. The van der Waals surface area contributed by atoms with Gasteiger partial charge in [-0.25, -0.2) is 0 Å². The molecule has 0 fully saturated rings. The molecule has 24 heavy (non-hydrogen) atoms. The van der Waals surface area contributed by atoms with Crippen molar-refractivity contribution in [3.05, 3.63) is 59.8 Å². The minimum absolute atomic E-state index is 0.503. The maximum absolute atomic E-state index is 9.38. The van der Waals surface area contributed by atoms with Crippen LogP contribution in [0.4, 0.5) is 5.69 Å². The normalized spacial score (nSPS) is 10.2. The number of hydrogen-bond donors (Lipinski definition) is 1. The third kappa shape index (κ3) is 2.82. The molecule has 1 heterocycles. The molecular weight excluding hydrogens is 302 g/mol. The molecule has 0 atom stereocenters. The van der Waals surface area contributed by atoms with Gasteiger partial charge in [0.15, 0.2) is 11.5 Å². The Balaban J connectivity index is 1.99. The number of methoxy groups -OCH3 is 2. The number of fused-ring (bicyclic) bond motifs is 1. The Morgan fingerprint density at radius 3 is 2.67 bits per heavy atom. The molecule has 0 aliphatic heterocycles. The van der Waals surface area contributed by atoms with Crippen LogP contribution in [0.1, 0.15) is 11.1 Å². The van der Waals surface area contributed by atoms with E-state index in [1.165, 1.54) is 0 Å². The summed E-state index contributed by atoms with van der Waals surface area (Å²) in [5.41, 5.74) is 3.07. The van der Waals surface area contributed by atoms with Gasteiger partial charge in [-0.2, -0.15) is 5.26 Å². The van der Waals surface area contributed by atoms with Crippen molar-refractivity contribution < 1.29 is 9.47 Å². The molecule has 5 heteroatoms. The smallest absolute Gasteiger partial charge is 0.165 e. The van der Waals surface area contributed by atoms with Crippen LogP contribution in [0.2, 0.25) is 0 Å². The second-order valence-corrected chi connectivity index (χ2v) is 5.18. The molecule has 1 aromatic heterocycles. The van der Waals surface area contributed by atoms with Crippen LogP contribution in [-0.4, -0.2) is 19.2 Å².